The summed E-state index contributed by atoms with van der Waals surface area (Å²) in [5.41, 5.74) is 1.35. The molecule has 0 bridgehead atoms. The summed E-state index contributed by atoms with van der Waals surface area (Å²) in [5, 5.41) is 0. The Balaban J connectivity index is 1.45. The Bertz CT molecular complexity index is 622. The first-order valence-corrected chi connectivity index (χ1v) is 10.6. The summed E-state index contributed by atoms with van der Waals surface area (Å²) in [5.74, 6) is 2.57. The highest BCUT2D eigenvalue weighted by atomic mass is 79.9. The molecular weight excluding hydrogens is 392 g/mol. The van der Waals surface area contributed by atoms with Crippen molar-refractivity contribution >= 4 is 21.8 Å². The molecule has 2 saturated heterocycles. The molecule has 144 valence electrons. The average molecular weight is 423 g/mol. The van der Waals surface area contributed by atoms with Gasteiger partial charge in [-0.1, -0.05) is 15.9 Å². The second-order valence-electron chi connectivity index (χ2n) is 7.88. The van der Waals surface area contributed by atoms with Crippen LogP contribution in [0.2, 0.25) is 0 Å². The zero-order valence-corrected chi connectivity index (χ0v) is 17.6. The number of carbonyl (C=O) groups excluding carboxylic acids is 1. The molecule has 5 heteroatoms. The average Bonchev–Trinajstić information content (AvgIpc) is 3.09. The molecule has 2 atom stereocenters. The maximum atomic E-state index is 11.6. The van der Waals surface area contributed by atoms with Gasteiger partial charge in [-0.2, -0.15) is 0 Å². The lowest BCUT2D eigenvalue weighted by Gasteiger charge is -2.33. The molecule has 0 radical (unpaired) electrons. The van der Waals surface area contributed by atoms with Gasteiger partial charge in [0.05, 0.1) is 7.11 Å². The van der Waals surface area contributed by atoms with Gasteiger partial charge in [-0.15, -0.1) is 0 Å². The van der Waals surface area contributed by atoms with Crippen LogP contribution in [0.5, 0.6) is 5.75 Å². The van der Waals surface area contributed by atoms with Crippen molar-refractivity contribution in [2.24, 2.45) is 11.8 Å². The molecule has 0 N–H and O–H groups in total. The zero-order valence-electron chi connectivity index (χ0n) is 16.0. The summed E-state index contributed by atoms with van der Waals surface area (Å²) < 4.78 is 6.55. The van der Waals surface area contributed by atoms with Gasteiger partial charge >= 0.3 is 0 Å². The number of hydrogen-bond acceptors (Lipinski definition) is 3. The number of amides is 1. The van der Waals surface area contributed by atoms with E-state index in [0.717, 1.165) is 37.6 Å². The van der Waals surface area contributed by atoms with Gasteiger partial charge < -0.3 is 14.5 Å². The molecule has 26 heavy (non-hydrogen) atoms. The van der Waals surface area contributed by atoms with E-state index in [2.05, 4.69) is 33.0 Å². The number of piperidine rings is 1. The number of halogens is 1. The minimum Gasteiger partial charge on any atom is -0.497 e. The quantitative estimate of drug-likeness (QED) is 0.694. The molecule has 2 aliphatic heterocycles. The van der Waals surface area contributed by atoms with Crippen LogP contribution < -0.4 is 4.74 Å². The molecule has 2 heterocycles. The summed E-state index contributed by atoms with van der Waals surface area (Å²) in [6.07, 6.45) is 6.04. The number of ether oxygens (including phenoxy) is 1. The molecule has 2 fully saturated rings. The zero-order chi connectivity index (χ0) is 18.5. The van der Waals surface area contributed by atoms with Crippen LogP contribution in [-0.2, 0) is 11.2 Å². The fraction of sp³-hybridized carbons (Fsp3) is 0.667. The fourth-order valence-electron chi connectivity index (χ4n) is 4.38. The highest BCUT2D eigenvalue weighted by Crippen LogP contribution is 2.29. The third-order valence-electron chi connectivity index (χ3n) is 5.95. The molecule has 2 unspecified atom stereocenters. The number of nitrogens with zero attached hydrogens (tertiary/aromatic N) is 2. The number of benzene rings is 1. The monoisotopic (exact) mass is 422 g/mol. The number of rotatable bonds is 6. The van der Waals surface area contributed by atoms with Crippen molar-refractivity contribution < 1.29 is 9.53 Å². The van der Waals surface area contributed by atoms with Crippen molar-refractivity contribution in [3.8, 4) is 5.75 Å². The van der Waals surface area contributed by atoms with Gasteiger partial charge in [-0.3, -0.25) is 4.79 Å². The standard InChI is InChI=1S/C21H31BrN2O2/c1-16(25)24-9-3-4-17(15-24)7-10-23-11-8-18(14-23)12-19-13-20(26-2)5-6-21(19)22/h5-6,13,17-18H,3-4,7-12,14-15H2,1-2H3. The summed E-state index contributed by atoms with van der Waals surface area (Å²) in [7, 11) is 1.73. The second-order valence-corrected chi connectivity index (χ2v) is 8.73. The van der Waals surface area contributed by atoms with Gasteiger partial charge in [0.2, 0.25) is 5.91 Å². The maximum Gasteiger partial charge on any atom is 0.219 e. The van der Waals surface area contributed by atoms with Gasteiger partial charge in [0, 0.05) is 31.0 Å². The van der Waals surface area contributed by atoms with Crippen LogP contribution in [0.3, 0.4) is 0 Å². The van der Waals surface area contributed by atoms with Crippen LogP contribution in [-0.4, -0.2) is 55.5 Å². The molecule has 1 aromatic carbocycles. The minimum atomic E-state index is 0.236. The Morgan fingerprint density at radius 2 is 2.08 bits per heavy atom. The molecule has 1 aromatic rings. The largest absolute Gasteiger partial charge is 0.497 e. The molecular formula is C21H31BrN2O2. The van der Waals surface area contributed by atoms with E-state index in [9.17, 15) is 4.79 Å². The van der Waals surface area contributed by atoms with E-state index in [1.165, 1.54) is 48.9 Å². The highest BCUT2D eigenvalue weighted by Gasteiger charge is 2.26. The predicted molar refractivity (Wildman–Crippen MR) is 109 cm³/mol. The van der Waals surface area contributed by atoms with Crippen LogP contribution in [0, 0.1) is 11.8 Å². The van der Waals surface area contributed by atoms with Crippen molar-refractivity contribution in [3.05, 3.63) is 28.2 Å². The Labute approximate surface area is 166 Å². The van der Waals surface area contributed by atoms with Crippen molar-refractivity contribution in [1.82, 2.24) is 9.80 Å². The van der Waals surface area contributed by atoms with E-state index in [4.69, 9.17) is 4.74 Å². The van der Waals surface area contributed by atoms with Gasteiger partial charge in [0.15, 0.2) is 0 Å². The first-order valence-electron chi connectivity index (χ1n) is 9.85. The summed E-state index contributed by atoms with van der Waals surface area (Å²) in [6.45, 7) is 7.18. The molecule has 2 aliphatic rings. The van der Waals surface area contributed by atoms with Crippen LogP contribution in [0.15, 0.2) is 22.7 Å². The smallest absolute Gasteiger partial charge is 0.219 e. The lowest BCUT2D eigenvalue weighted by molar-refractivity contribution is -0.130. The molecule has 0 spiro atoms. The van der Waals surface area contributed by atoms with E-state index >= 15 is 0 Å². The van der Waals surface area contributed by atoms with Crippen LogP contribution in [0.4, 0.5) is 0 Å². The van der Waals surface area contributed by atoms with E-state index in [1.807, 2.05) is 11.0 Å². The normalized spacial score (nSPS) is 24.0. The second kappa shape index (κ2) is 9.23. The molecule has 4 nitrogen and oxygen atoms in total. The third kappa shape index (κ3) is 5.23. The molecule has 0 saturated carbocycles. The summed E-state index contributed by atoms with van der Waals surface area (Å²) in [6, 6.07) is 6.25. The van der Waals surface area contributed by atoms with Crippen LogP contribution in [0.25, 0.3) is 0 Å². The van der Waals surface area contributed by atoms with Crippen LogP contribution >= 0.6 is 15.9 Å². The third-order valence-corrected chi connectivity index (χ3v) is 6.72. The van der Waals surface area contributed by atoms with Crippen molar-refractivity contribution in [2.75, 3.05) is 39.8 Å². The lowest BCUT2D eigenvalue weighted by Crippen LogP contribution is -2.39. The number of hydrogen-bond donors (Lipinski definition) is 0. The van der Waals surface area contributed by atoms with E-state index < -0.39 is 0 Å². The molecule has 1 amide bonds. The van der Waals surface area contributed by atoms with E-state index in [0.29, 0.717) is 5.92 Å². The molecule has 0 aromatic heterocycles. The number of carbonyl (C=O) groups is 1. The number of methoxy groups -OCH3 is 1. The van der Waals surface area contributed by atoms with Gasteiger partial charge in [0.25, 0.3) is 0 Å². The fourth-order valence-corrected chi connectivity index (χ4v) is 4.79. The topological polar surface area (TPSA) is 32.8 Å². The minimum absolute atomic E-state index is 0.236. The Hall–Kier alpha value is -1.07. The SMILES string of the molecule is COc1ccc(Br)c(CC2CCN(CCC3CCCN(C(C)=O)C3)C2)c1. The highest BCUT2D eigenvalue weighted by molar-refractivity contribution is 9.10. The van der Waals surface area contributed by atoms with Gasteiger partial charge in [0.1, 0.15) is 5.75 Å². The number of likely N-dealkylation sites (tertiary alicyclic amines) is 2. The Morgan fingerprint density at radius 1 is 1.23 bits per heavy atom. The van der Waals surface area contributed by atoms with E-state index in [-0.39, 0.29) is 5.91 Å². The maximum absolute atomic E-state index is 11.6. The lowest BCUT2D eigenvalue weighted by atomic mass is 9.94. The molecule has 3 rings (SSSR count). The van der Waals surface area contributed by atoms with Crippen LogP contribution in [0.1, 0.15) is 38.2 Å². The van der Waals surface area contributed by atoms with Gasteiger partial charge in [-0.05, 0) is 80.8 Å². The summed E-state index contributed by atoms with van der Waals surface area (Å²) in [4.78, 5) is 16.2. The predicted octanol–water partition coefficient (Wildman–Crippen LogP) is 3.97. The van der Waals surface area contributed by atoms with Crippen molar-refractivity contribution in [1.29, 1.82) is 0 Å². The molecule has 0 aliphatic carbocycles. The van der Waals surface area contributed by atoms with E-state index in [1.54, 1.807) is 14.0 Å². The summed E-state index contributed by atoms with van der Waals surface area (Å²) >= 11 is 3.68. The van der Waals surface area contributed by atoms with Crippen molar-refractivity contribution in [2.45, 2.75) is 39.0 Å². The Kier molecular flexibility index (Phi) is 6.98. The van der Waals surface area contributed by atoms with Crippen molar-refractivity contribution in [3.63, 3.8) is 0 Å². The first kappa shape index (κ1) is 19.7. The van der Waals surface area contributed by atoms with Gasteiger partial charge in [-0.25, -0.2) is 0 Å². The first-order chi connectivity index (χ1) is 12.5. The Morgan fingerprint density at radius 3 is 2.85 bits per heavy atom.